The van der Waals surface area contributed by atoms with Crippen molar-refractivity contribution in [3.05, 3.63) is 28.7 Å². The van der Waals surface area contributed by atoms with Gasteiger partial charge >= 0.3 is 5.76 Å². The fraction of sp³-hybridized carbons (Fsp3) is 0.500. The minimum atomic E-state index is -0.402. The first-order valence-electron chi connectivity index (χ1n) is 6.89. The van der Waals surface area contributed by atoms with Gasteiger partial charge in [0.15, 0.2) is 5.58 Å². The normalized spacial score (nSPS) is 19.7. The maximum Gasteiger partial charge on any atom is 0.417 e. The van der Waals surface area contributed by atoms with Gasteiger partial charge in [0, 0.05) is 18.3 Å². The molecule has 1 unspecified atom stereocenters. The fourth-order valence-electron chi connectivity index (χ4n) is 2.65. The molecule has 0 bridgehead atoms. The van der Waals surface area contributed by atoms with Crippen LogP contribution in [-0.4, -0.2) is 24.6 Å². The molecule has 1 aromatic carbocycles. The number of benzene rings is 1. The molecular formula is C14H19N3O2. The Bertz CT molecular complexity index is 596. The van der Waals surface area contributed by atoms with Gasteiger partial charge in [-0.1, -0.05) is 0 Å². The Labute approximate surface area is 111 Å². The van der Waals surface area contributed by atoms with E-state index < -0.39 is 5.76 Å². The number of aromatic nitrogens is 1. The summed E-state index contributed by atoms with van der Waals surface area (Å²) in [6, 6.07) is 5.70. The molecule has 5 nitrogen and oxygen atoms in total. The Morgan fingerprint density at radius 1 is 1.42 bits per heavy atom. The number of aromatic amines is 1. The highest BCUT2D eigenvalue weighted by Crippen LogP contribution is 2.18. The highest BCUT2D eigenvalue weighted by Gasteiger charge is 2.12. The Kier molecular flexibility index (Phi) is 3.55. The molecule has 0 amide bonds. The van der Waals surface area contributed by atoms with E-state index in [9.17, 15) is 4.79 Å². The van der Waals surface area contributed by atoms with Crippen LogP contribution in [0.25, 0.3) is 11.1 Å². The molecule has 2 aromatic rings. The van der Waals surface area contributed by atoms with E-state index in [2.05, 4.69) is 15.6 Å². The van der Waals surface area contributed by atoms with Crippen molar-refractivity contribution in [2.45, 2.75) is 19.3 Å². The number of rotatable bonds is 4. The summed E-state index contributed by atoms with van der Waals surface area (Å²) in [7, 11) is 0. The van der Waals surface area contributed by atoms with Crippen molar-refractivity contribution >= 4 is 16.8 Å². The molecule has 102 valence electrons. The number of H-pyrrole nitrogens is 1. The summed E-state index contributed by atoms with van der Waals surface area (Å²) in [6.45, 7) is 3.24. The molecule has 19 heavy (non-hydrogen) atoms. The number of hydrogen-bond acceptors (Lipinski definition) is 4. The second-order valence-corrected chi connectivity index (χ2v) is 5.15. The van der Waals surface area contributed by atoms with E-state index in [1.807, 2.05) is 18.2 Å². The van der Waals surface area contributed by atoms with Gasteiger partial charge in [0.1, 0.15) is 0 Å². The molecule has 1 atom stereocenters. The molecular weight excluding hydrogens is 242 g/mol. The van der Waals surface area contributed by atoms with Gasteiger partial charge in [-0.05, 0) is 50.4 Å². The first-order valence-corrected chi connectivity index (χ1v) is 6.89. The van der Waals surface area contributed by atoms with Crippen molar-refractivity contribution in [2.75, 3.05) is 25.0 Å². The molecule has 0 aliphatic carbocycles. The van der Waals surface area contributed by atoms with Crippen molar-refractivity contribution in [3.8, 4) is 0 Å². The average molecular weight is 261 g/mol. The Morgan fingerprint density at radius 3 is 3.21 bits per heavy atom. The van der Waals surface area contributed by atoms with Gasteiger partial charge in [-0.3, -0.25) is 4.98 Å². The predicted molar refractivity (Wildman–Crippen MR) is 75.5 cm³/mol. The highest BCUT2D eigenvalue weighted by atomic mass is 16.4. The summed E-state index contributed by atoms with van der Waals surface area (Å²) in [5.74, 6) is 0.371. The van der Waals surface area contributed by atoms with E-state index in [1.54, 1.807) is 0 Å². The van der Waals surface area contributed by atoms with Crippen LogP contribution in [-0.2, 0) is 0 Å². The molecule has 0 radical (unpaired) electrons. The Balaban J connectivity index is 1.57. The Morgan fingerprint density at radius 2 is 2.37 bits per heavy atom. The van der Waals surface area contributed by atoms with Crippen molar-refractivity contribution in [3.63, 3.8) is 0 Å². The first kappa shape index (κ1) is 12.3. The van der Waals surface area contributed by atoms with Gasteiger partial charge < -0.3 is 15.1 Å². The number of fused-ring (bicyclic) bond motifs is 1. The third-order valence-corrected chi connectivity index (χ3v) is 3.70. The molecule has 2 heterocycles. The van der Waals surface area contributed by atoms with Gasteiger partial charge in [-0.2, -0.15) is 0 Å². The minimum absolute atomic E-state index is 0.402. The van der Waals surface area contributed by atoms with Crippen LogP contribution in [0.3, 0.4) is 0 Å². The lowest BCUT2D eigenvalue weighted by atomic mass is 9.96. The van der Waals surface area contributed by atoms with Crippen LogP contribution in [0.1, 0.15) is 19.3 Å². The van der Waals surface area contributed by atoms with Crippen molar-refractivity contribution < 1.29 is 4.42 Å². The summed E-state index contributed by atoms with van der Waals surface area (Å²) in [5, 5.41) is 6.82. The second kappa shape index (κ2) is 5.48. The number of piperidine rings is 1. The third-order valence-electron chi connectivity index (χ3n) is 3.70. The molecule has 1 aliphatic heterocycles. The topological polar surface area (TPSA) is 70.1 Å². The minimum Gasteiger partial charge on any atom is -0.408 e. The lowest BCUT2D eigenvalue weighted by Gasteiger charge is -2.22. The number of hydrogen-bond donors (Lipinski definition) is 3. The van der Waals surface area contributed by atoms with Crippen LogP contribution in [0, 0.1) is 5.92 Å². The van der Waals surface area contributed by atoms with Crippen molar-refractivity contribution in [1.82, 2.24) is 10.3 Å². The van der Waals surface area contributed by atoms with Crippen LogP contribution in [0.4, 0.5) is 5.69 Å². The van der Waals surface area contributed by atoms with Gasteiger partial charge in [0.25, 0.3) is 0 Å². The molecule has 3 N–H and O–H groups in total. The van der Waals surface area contributed by atoms with E-state index in [0.29, 0.717) is 5.58 Å². The van der Waals surface area contributed by atoms with E-state index in [4.69, 9.17) is 4.42 Å². The lowest BCUT2D eigenvalue weighted by molar-refractivity contribution is 0.364. The van der Waals surface area contributed by atoms with Gasteiger partial charge in [-0.15, -0.1) is 0 Å². The monoisotopic (exact) mass is 261 g/mol. The summed E-state index contributed by atoms with van der Waals surface area (Å²) >= 11 is 0. The first-order chi connectivity index (χ1) is 9.31. The maximum atomic E-state index is 11.1. The standard InChI is InChI=1S/C14H19N3O2/c18-14-17-12-4-3-11(8-13(12)19-14)16-7-5-10-2-1-6-15-9-10/h3-4,8,10,15-16H,1-2,5-7,9H2,(H,17,18). The van der Waals surface area contributed by atoms with E-state index in [0.717, 1.165) is 36.8 Å². The molecule has 3 rings (SSSR count). The van der Waals surface area contributed by atoms with Crippen LogP contribution in [0.2, 0.25) is 0 Å². The lowest BCUT2D eigenvalue weighted by Crippen LogP contribution is -2.30. The average Bonchev–Trinajstić information content (AvgIpc) is 2.79. The molecule has 0 saturated carbocycles. The van der Waals surface area contributed by atoms with Crippen molar-refractivity contribution in [1.29, 1.82) is 0 Å². The van der Waals surface area contributed by atoms with E-state index >= 15 is 0 Å². The van der Waals surface area contributed by atoms with E-state index in [1.165, 1.54) is 19.3 Å². The molecule has 0 spiro atoms. The summed E-state index contributed by atoms with van der Waals surface area (Å²) < 4.78 is 5.04. The molecule has 5 heteroatoms. The fourth-order valence-corrected chi connectivity index (χ4v) is 2.65. The maximum absolute atomic E-state index is 11.1. The van der Waals surface area contributed by atoms with Crippen LogP contribution >= 0.6 is 0 Å². The van der Waals surface area contributed by atoms with Crippen molar-refractivity contribution in [2.24, 2.45) is 5.92 Å². The van der Waals surface area contributed by atoms with Crippen LogP contribution in [0.15, 0.2) is 27.4 Å². The quantitative estimate of drug-likeness (QED) is 0.786. The van der Waals surface area contributed by atoms with Gasteiger partial charge in [0.05, 0.1) is 5.52 Å². The van der Waals surface area contributed by atoms with E-state index in [-0.39, 0.29) is 0 Å². The number of anilines is 1. The second-order valence-electron chi connectivity index (χ2n) is 5.15. The highest BCUT2D eigenvalue weighted by molar-refractivity contribution is 5.76. The number of nitrogens with one attached hydrogen (secondary N) is 3. The van der Waals surface area contributed by atoms with Crippen LogP contribution in [0.5, 0.6) is 0 Å². The summed E-state index contributed by atoms with van der Waals surface area (Å²) in [6.07, 6.45) is 3.77. The number of oxazole rings is 1. The zero-order chi connectivity index (χ0) is 13.1. The third kappa shape index (κ3) is 2.98. The molecule has 1 fully saturated rings. The summed E-state index contributed by atoms with van der Waals surface area (Å²) in [4.78, 5) is 13.7. The summed E-state index contributed by atoms with van der Waals surface area (Å²) in [5.41, 5.74) is 2.35. The molecule has 1 saturated heterocycles. The zero-order valence-corrected chi connectivity index (χ0v) is 10.9. The SMILES string of the molecule is O=c1[nH]c2ccc(NCCC3CCCNC3)cc2o1. The van der Waals surface area contributed by atoms with Gasteiger partial charge in [-0.25, -0.2) is 4.79 Å². The van der Waals surface area contributed by atoms with Gasteiger partial charge in [0.2, 0.25) is 0 Å². The smallest absolute Gasteiger partial charge is 0.408 e. The Hall–Kier alpha value is -1.75. The predicted octanol–water partition coefficient (Wildman–Crippen LogP) is 1.92. The zero-order valence-electron chi connectivity index (χ0n) is 10.9. The molecule has 1 aliphatic rings. The molecule has 1 aromatic heterocycles. The van der Waals surface area contributed by atoms with Crippen LogP contribution < -0.4 is 16.4 Å². The largest absolute Gasteiger partial charge is 0.417 e.